The van der Waals surface area contributed by atoms with E-state index in [1.165, 1.54) is 4.90 Å². The van der Waals surface area contributed by atoms with Gasteiger partial charge in [-0.3, -0.25) is 14.5 Å². The number of nitrogens with two attached hydrogens (primary N) is 1. The molecule has 2 amide bonds. The van der Waals surface area contributed by atoms with Crippen molar-refractivity contribution in [3.63, 3.8) is 0 Å². The molecule has 6 heteroatoms. The molecule has 1 aromatic heterocycles. The van der Waals surface area contributed by atoms with Crippen LogP contribution in [-0.4, -0.2) is 23.3 Å². The largest absolute Gasteiger partial charge is 0.399 e. The maximum atomic E-state index is 13.0. The number of hydrogen-bond acceptors (Lipinski definition) is 3. The fraction of sp³-hybridized carbons (Fsp3) is 0.0833. The molecule has 30 heavy (non-hydrogen) atoms. The van der Waals surface area contributed by atoms with E-state index in [2.05, 4.69) is 10.3 Å². The molecule has 6 nitrogen and oxygen atoms in total. The molecule has 0 saturated heterocycles. The normalized spacial score (nSPS) is 10.7. The Hall–Kier alpha value is -4.06. The molecular weight excluding hydrogens is 376 g/mol. The quantitative estimate of drug-likeness (QED) is 0.353. The van der Waals surface area contributed by atoms with E-state index >= 15 is 0 Å². The molecule has 0 bridgehead atoms. The van der Waals surface area contributed by atoms with Gasteiger partial charge in [-0.1, -0.05) is 36.4 Å². The van der Waals surface area contributed by atoms with Gasteiger partial charge in [0.05, 0.1) is 0 Å². The van der Waals surface area contributed by atoms with Gasteiger partial charge in [-0.2, -0.15) is 0 Å². The number of nitrogens with one attached hydrogen (secondary N) is 2. The van der Waals surface area contributed by atoms with Crippen LogP contribution >= 0.6 is 0 Å². The van der Waals surface area contributed by atoms with E-state index in [1.54, 1.807) is 36.4 Å². The van der Waals surface area contributed by atoms with Crippen molar-refractivity contribution in [1.82, 2.24) is 10.3 Å². The molecule has 0 aliphatic heterocycles. The third-order valence-corrected chi connectivity index (χ3v) is 4.92. The Kier molecular flexibility index (Phi) is 5.48. The molecule has 0 spiro atoms. The maximum absolute atomic E-state index is 13.0. The molecule has 150 valence electrons. The second-order valence-electron chi connectivity index (χ2n) is 6.93. The van der Waals surface area contributed by atoms with Gasteiger partial charge in [0, 0.05) is 40.7 Å². The summed E-state index contributed by atoms with van der Waals surface area (Å²) in [4.78, 5) is 30.3. The average molecular weight is 398 g/mol. The first-order valence-corrected chi connectivity index (χ1v) is 9.71. The number of rotatable bonds is 5. The molecule has 0 atom stereocenters. The third-order valence-electron chi connectivity index (χ3n) is 4.92. The van der Waals surface area contributed by atoms with Crippen LogP contribution in [0.3, 0.4) is 0 Å². The number of H-pyrrole nitrogens is 1. The van der Waals surface area contributed by atoms with E-state index in [0.717, 1.165) is 16.5 Å². The monoisotopic (exact) mass is 398 g/mol. The van der Waals surface area contributed by atoms with Gasteiger partial charge in [-0.25, -0.2) is 0 Å². The van der Waals surface area contributed by atoms with Crippen molar-refractivity contribution in [3.8, 4) is 0 Å². The van der Waals surface area contributed by atoms with E-state index in [-0.39, 0.29) is 0 Å². The highest BCUT2D eigenvalue weighted by atomic mass is 16.2. The maximum Gasteiger partial charge on any atom is 0.320 e. The Balaban J connectivity index is 1.48. The van der Waals surface area contributed by atoms with Gasteiger partial charge < -0.3 is 16.0 Å². The lowest BCUT2D eigenvalue weighted by Crippen LogP contribution is -2.41. The standard InChI is InChI=1S/C24H22N4O2/c25-18-10-12-20(13-11-18)28(19-6-2-1-3-7-19)24(30)23(29)26-15-14-17-16-27-22-9-5-4-8-21(17)22/h1-13,16,27H,14-15,25H2,(H,26,29). The predicted octanol–water partition coefficient (Wildman–Crippen LogP) is 3.77. The molecular formula is C24H22N4O2. The first-order valence-electron chi connectivity index (χ1n) is 9.71. The Morgan fingerprint density at radius 1 is 0.867 bits per heavy atom. The molecule has 0 aliphatic rings. The number of carbonyl (C=O) groups excluding carboxylic acids is 2. The van der Waals surface area contributed by atoms with Gasteiger partial charge >= 0.3 is 11.8 Å². The number of nitrogen functional groups attached to an aromatic ring is 1. The van der Waals surface area contributed by atoms with Crippen molar-refractivity contribution < 1.29 is 9.59 Å². The summed E-state index contributed by atoms with van der Waals surface area (Å²) in [6.45, 7) is 0.358. The number of benzene rings is 3. The lowest BCUT2D eigenvalue weighted by Gasteiger charge is -2.22. The van der Waals surface area contributed by atoms with Crippen LogP contribution in [0.5, 0.6) is 0 Å². The SMILES string of the molecule is Nc1ccc(N(C(=O)C(=O)NCCc2c[nH]c3ccccc23)c2ccccc2)cc1. The van der Waals surface area contributed by atoms with Crippen LogP contribution in [0.2, 0.25) is 0 Å². The number of fused-ring (bicyclic) bond motifs is 1. The van der Waals surface area contributed by atoms with E-state index in [1.807, 2.05) is 48.7 Å². The Bertz CT molecular complexity index is 1170. The van der Waals surface area contributed by atoms with Crippen molar-refractivity contribution >= 4 is 39.8 Å². The summed E-state index contributed by atoms with van der Waals surface area (Å²) in [6.07, 6.45) is 2.56. The number of aromatic amines is 1. The minimum Gasteiger partial charge on any atom is -0.399 e. The summed E-state index contributed by atoms with van der Waals surface area (Å²) in [5.74, 6) is -1.31. The van der Waals surface area contributed by atoms with Gasteiger partial charge in [0.2, 0.25) is 0 Å². The topological polar surface area (TPSA) is 91.2 Å². The van der Waals surface area contributed by atoms with Crippen molar-refractivity contribution in [2.24, 2.45) is 0 Å². The number of hydrogen-bond donors (Lipinski definition) is 3. The Labute approximate surface area is 174 Å². The number of amides is 2. The highest BCUT2D eigenvalue weighted by Crippen LogP contribution is 2.26. The molecule has 4 aromatic rings. The second-order valence-corrected chi connectivity index (χ2v) is 6.93. The summed E-state index contributed by atoms with van der Waals surface area (Å²) >= 11 is 0. The summed E-state index contributed by atoms with van der Waals surface area (Å²) in [5, 5.41) is 3.86. The van der Waals surface area contributed by atoms with Gasteiger partial charge in [0.15, 0.2) is 0 Å². The first kappa shape index (κ1) is 19.3. The third kappa shape index (κ3) is 4.03. The lowest BCUT2D eigenvalue weighted by atomic mass is 10.1. The average Bonchev–Trinajstić information content (AvgIpc) is 3.19. The number of aromatic nitrogens is 1. The highest BCUT2D eigenvalue weighted by molar-refractivity contribution is 6.42. The number of anilines is 3. The van der Waals surface area contributed by atoms with Crippen LogP contribution in [0.25, 0.3) is 10.9 Å². The summed E-state index contributed by atoms with van der Waals surface area (Å²) in [7, 11) is 0. The Morgan fingerprint density at radius 2 is 1.53 bits per heavy atom. The predicted molar refractivity (Wildman–Crippen MR) is 119 cm³/mol. The number of carbonyl (C=O) groups is 2. The van der Waals surface area contributed by atoms with Crippen LogP contribution in [-0.2, 0) is 16.0 Å². The van der Waals surface area contributed by atoms with Crippen LogP contribution < -0.4 is 16.0 Å². The minimum atomic E-state index is -0.657. The van der Waals surface area contributed by atoms with E-state index < -0.39 is 11.8 Å². The van der Waals surface area contributed by atoms with Gasteiger partial charge in [-0.15, -0.1) is 0 Å². The summed E-state index contributed by atoms with van der Waals surface area (Å²) in [5.41, 5.74) is 9.68. The van der Waals surface area contributed by atoms with Crippen molar-refractivity contribution in [2.75, 3.05) is 17.2 Å². The van der Waals surface area contributed by atoms with Crippen molar-refractivity contribution in [2.45, 2.75) is 6.42 Å². The zero-order chi connectivity index (χ0) is 20.9. The summed E-state index contributed by atoms with van der Waals surface area (Å²) < 4.78 is 0. The molecule has 1 heterocycles. The molecule has 0 saturated carbocycles. The zero-order valence-corrected chi connectivity index (χ0v) is 16.3. The fourth-order valence-corrected chi connectivity index (χ4v) is 3.41. The van der Waals surface area contributed by atoms with Crippen LogP contribution in [0.1, 0.15) is 5.56 Å². The summed E-state index contributed by atoms with van der Waals surface area (Å²) in [6, 6.07) is 23.9. The number of para-hydroxylation sites is 2. The van der Waals surface area contributed by atoms with E-state index in [0.29, 0.717) is 30.0 Å². The first-order chi connectivity index (χ1) is 14.6. The lowest BCUT2D eigenvalue weighted by molar-refractivity contribution is -0.137. The van der Waals surface area contributed by atoms with E-state index in [4.69, 9.17) is 5.73 Å². The van der Waals surface area contributed by atoms with Crippen molar-refractivity contribution in [1.29, 1.82) is 0 Å². The van der Waals surface area contributed by atoms with Crippen LogP contribution in [0.15, 0.2) is 85.1 Å². The molecule has 0 fully saturated rings. The van der Waals surface area contributed by atoms with Gasteiger partial charge in [0.1, 0.15) is 0 Å². The minimum absolute atomic E-state index is 0.358. The van der Waals surface area contributed by atoms with Crippen LogP contribution in [0, 0.1) is 0 Å². The molecule has 4 N–H and O–H groups in total. The number of nitrogens with zero attached hydrogens (tertiary/aromatic N) is 1. The molecule has 0 radical (unpaired) electrons. The van der Waals surface area contributed by atoms with Crippen LogP contribution in [0.4, 0.5) is 17.1 Å². The smallest absolute Gasteiger partial charge is 0.320 e. The molecule has 4 rings (SSSR count). The second kappa shape index (κ2) is 8.53. The zero-order valence-electron chi connectivity index (χ0n) is 16.3. The highest BCUT2D eigenvalue weighted by Gasteiger charge is 2.24. The Morgan fingerprint density at radius 3 is 2.30 bits per heavy atom. The fourth-order valence-electron chi connectivity index (χ4n) is 3.41. The molecule has 0 aliphatic carbocycles. The molecule has 0 unspecified atom stereocenters. The van der Waals surface area contributed by atoms with Gasteiger partial charge in [0.25, 0.3) is 0 Å². The van der Waals surface area contributed by atoms with Crippen molar-refractivity contribution in [3.05, 3.63) is 90.6 Å². The van der Waals surface area contributed by atoms with E-state index in [9.17, 15) is 9.59 Å². The molecule has 3 aromatic carbocycles. The van der Waals surface area contributed by atoms with Gasteiger partial charge in [-0.05, 0) is 54.4 Å².